The van der Waals surface area contributed by atoms with E-state index in [-0.39, 0.29) is 11.8 Å². The Balaban J connectivity index is 1.72. The van der Waals surface area contributed by atoms with Gasteiger partial charge in [0.1, 0.15) is 0 Å². The number of hydrogen-bond acceptors (Lipinski definition) is 4. The van der Waals surface area contributed by atoms with Gasteiger partial charge in [0.25, 0.3) is 5.91 Å². The predicted molar refractivity (Wildman–Crippen MR) is 158 cm³/mol. The van der Waals surface area contributed by atoms with Gasteiger partial charge in [-0.25, -0.2) is 4.98 Å². The van der Waals surface area contributed by atoms with Crippen LogP contribution in [0.15, 0.2) is 36.9 Å². The molecule has 1 aromatic carbocycles. The van der Waals surface area contributed by atoms with Crippen LogP contribution in [-0.2, 0) is 4.79 Å². The molecular formula is C30H48N4O2S. The zero-order valence-electron chi connectivity index (χ0n) is 23.1. The highest BCUT2D eigenvalue weighted by Gasteiger charge is 2.13. The number of nitrogens with zero attached hydrogens (tertiary/aromatic N) is 2. The average Bonchev–Trinajstić information content (AvgIpc) is 3.44. The van der Waals surface area contributed by atoms with Crippen LogP contribution in [0.2, 0.25) is 0 Å². The van der Waals surface area contributed by atoms with Gasteiger partial charge in [0.15, 0.2) is 0 Å². The van der Waals surface area contributed by atoms with Crippen molar-refractivity contribution in [2.24, 2.45) is 0 Å². The molecule has 1 aromatic heterocycles. The van der Waals surface area contributed by atoms with E-state index < -0.39 is 0 Å². The molecular weight excluding hydrogens is 480 g/mol. The molecule has 0 aliphatic rings. The highest BCUT2D eigenvalue weighted by Crippen LogP contribution is 2.23. The first-order valence-electron chi connectivity index (χ1n) is 14.3. The lowest BCUT2D eigenvalue weighted by molar-refractivity contribution is -0.116. The largest absolute Gasteiger partial charge is 0.352 e. The molecule has 0 radical (unpaired) electrons. The molecule has 2 amide bonds. The summed E-state index contributed by atoms with van der Waals surface area (Å²) in [5.74, 6) is 0.882. The monoisotopic (exact) mass is 528 g/mol. The number of thioether (sulfide) groups is 1. The van der Waals surface area contributed by atoms with Gasteiger partial charge in [0, 0.05) is 30.9 Å². The number of amides is 2. The fourth-order valence-electron chi connectivity index (χ4n) is 4.44. The van der Waals surface area contributed by atoms with E-state index >= 15 is 0 Å². The van der Waals surface area contributed by atoms with Crippen LogP contribution >= 0.6 is 11.8 Å². The van der Waals surface area contributed by atoms with E-state index in [1.54, 1.807) is 36.4 Å². The van der Waals surface area contributed by atoms with Gasteiger partial charge in [-0.3, -0.25) is 9.59 Å². The molecule has 0 unspecified atom stereocenters. The van der Waals surface area contributed by atoms with Crippen LogP contribution in [0.25, 0.3) is 5.69 Å². The first kappa shape index (κ1) is 30.9. The third-order valence-electron chi connectivity index (χ3n) is 6.63. The second-order valence-electron chi connectivity index (χ2n) is 9.84. The Morgan fingerprint density at radius 3 is 2.14 bits per heavy atom. The van der Waals surface area contributed by atoms with Gasteiger partial charge < -0.3 is 15.2 Å². The summed E-state index contributed by atoms with van der Waals surface area (Å²) in [6.45, 7) is 2.91. The summed E-state index contributed by atoms with van der Waals surface area (Å²) < 4.78 is 1.85. The van der Waals surface area contributed by atoms with E-state index in [0.29, 0.717) is 24.2 Å². The minimum absolute atomic E-state index is 0.0121. The fourth-order valence-corrected chi connectivity index (χ4v) is 4.87. The second-order valence-corrected chi connectivity index (χ2v) is 10.8. The number of carbonyl (C=O) groups excluding carboxylic acids is 2. The van der Waals surface area contributed by atoms with Gasteiger partial charge in [-0.15, -0.1) is 0 Å². The Hall–Kier alpha value is -2.28. The van der Waals surface area contributed by atoms with Crippen molar-refractivity contribution in [2.45, 2.75) is 103 Å². The molecule has 2 rings (SSSR count). The molecule has 0 atom stereocenters. The van der Waals surface area contributed by atoms with E-state index in [1.165, 1.54) is 70.6 Å². The third-order valence-corrected chi connectivity index (χ3v) is 7.33. The Morgan fingerprint density at radius 2 is 1.54 bits per heavy atom. The Bertz CT molecular complexity index is 886. The van der Waals surface area contributed by atoms with Gasteiger partial charge in [-0.05, 0) is 43.0 Å². The van der Waals surface area contributed by atoms with Gasteiger partial charge in [-0.2, -0.15) is 11.8 Å². The summed E-state index contributed by atoms with van der Waals surface area (Å²) >= 11 is 1.77. The van der Waals surface area contributed by atoms with Crippen molar-refractivity contribution >= 4 is 29.3 Å². The first-order valence-corrected chi connectivity index (χ1v) is 15.7. The maximum atomic E-state index is 12.7. The molecule has 0 fully saturated rings. The number of rotatable bonds is 21. The molecule has 7 heteroatoms. The molecule has 0 bridgehead atoms. The maximum Gasteiger partial charge on any atom is 0.251 e. The van der Waals surface area contributed by atoms with Crippen LogP contribution in [0.3, 0.4) is 0 Å². The normalized spacial score (nSPS) is 11.0. The lowest BCUT2D eigenvalue weighted by Gasteiger charge is -2.14. The second kappa shape index (κ2) is 19.8. The quantitative estimate of drug-likeness (QED) is 0.162. The first-order chi connectivity index (χ1) is 18.2. The third kappa shape index (κ3) is 13.2. The lowest BCUT2D eigenvalue weighted by atomic mass is 10.0. The van der Waals surface area contributed by atoms with Gasteiger partial charge in [0.05, 0.1) is 17.7 Å². The highest BCUT2D eigenvalue weighted by molar-refractivity contribution is 7.98. The van der Waals surface area contributed by atoms with Crippen molar-refractivity contribution in [3.63, 3.8) is 0 Å². The number of hydrogen-bond donors (Lipinski definition) is 2. The Kier molecular flexibility index (Phi) is 16.5. The summed E-state index contributed by atoms with van der Waals surface area (Å²) in [5, 5.41) is 6.01. The standard InChI is InChI=1S/C30H48N4O2S/c1-3-4-5-6-7-8-9-10-11-12-13-14-15-17-29(35)33-27-24-26(30(36)32-20-16-23-37-2)18-19-28(27)34-22-21-31-25-34/h18-19,21-22,24-25H,3-17,20,23H2,1-2H3,(H,32,36)(H,33,35). The molecule has 37 heavy (non-hydrogen) atoms. The van der Waals surface area contributed by atoms with Crippen molar-refractivity contribution in [1.82, 2.24) is 14.9 Å². The molecule has 2 aromatic rings. The van der Waals surface area contributed by atoms with Crippen LogP contribution in [0.4, 0.5) is 5.69 Å². The van der Waals surface area contributed by atoms with Gasteiger partial charge in [0.2, 0.25) is 5.91 Å². The number of anilines is 1. The molecule has 0 spiro atoms. The minimum Gasteiger partial charge on any atom is -0.352 e. The summed E-state index contributed by atoms with van der Waals surface area (Å²) in [6, 6.07) is 5.42. The van der Waals surface area contributed by atoms with Crippen LogP contribution in [0, 0.1) is 0 Å². The van der Waals surface area contributed by atoms with E-state index in [9.17, 15) is 9.59 Å². The summed E-state index contributed by atoms with van der Waals surface area (Å²) in [5.41, 5.74) is 1.98. The molecule has 0 aliphatic heterocycles. The Labute approximate surface area is 228 Å². The number of nitrogens with one attached hydrogen (secondary N) is 2. The van der Waals surface area contributed by atoms with Crippen molar-refractivity contribution < 1.29 is 9.59 Å². The van der Waals surface area contributed by atoms with Crippen LogP contribution in [0.5, 0.6) is 0 Å². The van der Waals surface area contributed by atoms with E-state index in [2.05, 4.69) is 28.8 Å². The smallest absolute Gasteiger partial charge is 0.251 e. The van der Waals surface area contributed by atoms with Gasteiger partial charge >= 0.3 is 0 Å². The summed E-state index contributed by atoms with van der Waals surface area (Å²) in [6.07, 6.45) is 25.4. The molecule has 1 heterocycles. The molecule has 2 N–H and O–H groups in total. The van der Waals surface area contributed by atoms with Crippen molar-refractivity contribution in [1.29, 1.82) is 0 Å². The van der Waals surface area contributed by atoms with Crippen molar-refractivity contribution in [3.8, 4) is 5.69 Å². The zero-order valence-corrected chi connectivity index (χ0v) is 23.9. The molecule has 6 nitrogen and oxygen atoms in total. The highest BCUT2D eigenvalue weighted by atomic mass is 32.2. The predicted octanol–water partition coefficient (Wildman–Crippen LogP) is 7.78. The number of benzene rings is 1. The van der Waals surface area contributed by atoms with Crippen LogP contribution in [-0.4, -0.2) is 39.9 Å². The number of aromatic nitrogens is 2. The molecule has 0 saturated carbocycles. The number of imidazole rings is 1. The zero-order chi connectivity index (χ0) is 26.6. The molecule has 206 valence electrons. The summed E-state index contributed by atoms with van der Waals surface area (Å²) in [7, 11) is 0. The van der Waals surface area contributed by atoms with Crippen molar-refractivity contribution in [3.05, 3.63) is 42.5 Å². The number of carbonyl (C=O) groups is 2. The van der Waals surface area contributed by atoms with E-state index in [0.717, 1.165) is 30.7 Å². The Morgan fingerprint density at radius 1 is 0.892 bits per heavy atom. The number of unbranched alkanes of at least 4 members (excludes halogenated alkanes) is 12. The minimum atomic E-state index is -0.120. The fraction of sp³-hybridized carbons (Fsp3) is 0.633. The lowest BCUT2D eigenvalue weighted by Crippen LogP contribution is -2.25. The molecule has 0 saturated heterocycles. The van der Waals surface area contributed by atoms with E-state index in [1.807, 2.05) is 16.8 Å². The van der Waals surface area contributed by atoms with Crippen LogP contribution < -0.4 is 10.6 Å². The van der Waals surface area contributed by atoms with E-state index in [4.69, 9.17) is 0 Å². The SMILES string of the molecule is CCCCCCCCCCCCCCCC(=O)Nc1cc(C(=O)NCCCSC)ccc1-n1ccnc1. The van der Waals surface area contributed by atoms with Crippen LogP contribution in [0.1, 0.15) is 114 Å². The summed E-state index contributed by atoms with van der Waals surface area (Å²) in [4.78, 5) is 29.4. The maximum absolute atomic E-state index is 12.7. The van der Waals surface area contributed by atoms with Gasteiger partial charge in [-0.1, -0.05) is 84.0 Å². The molecule has 0 aliphatic carbocycles. The van der Waals surface area contributed by atoms with Crippen molar-refractivity contribution in [2.75, 3.05) is 23.9 Å². The average molecular weight is 529 g/mol. The topological polar surface area (TPSA) is 76.0 Å².